The monoisotopic (exact) mass is 236 g/mol. The fourth-order valence-electron chi connectivity index (χ4n) is 1.94. The topological polar surface area (TPSA) is 55.8 Å². The van der Waals surface area contributed by atoms with E-state index in [9.17, 15) is 4.79 Å². The predicted molar refractivity (Wildman–Crippen MR) is 61.6 cm³/mol. The Balaban J connectivity index is 2.11. The van der Waals surface area contributed by atoms with Crippen molar-refractivity contribution in [2.45, 2.75) is 32.2 Å². The van der Waals surface area contributed by atoms with Gasteiger partial charge in [0.15, 0.2) is 5.79 Å². The average molecular weight is 236 g/mol. The number of benzene rings is 1. The number of ether oxygens (including phenoxy) is 2. The number of aliphatic carboxylic acids is 1. The lowest BCUT2D eigenvalue weighted by molar-refractivity contribution is -0.166. The molecule has 0 bridgehead atoms. The van der Waals surface area contributed by atoms with Gasteiger partial charge in [-0.1, -0.05) is 29.8 Å². The van der Waals surface area contributed by atoms with Gasteiger partial charge in [0.2, 0.25) is 0 Å². The molecule has 2 rings (SSSR count). The number of rotatable bonds is 3. The van der Waals surface area contributed by atoms with Crippen LogP contribution in [0.3, 0.4) is 0 Å². The molecule has 0 aliphatic carbocycles. The highest BCUT2D eigenvalue weighted by Gasteiger charge is 2.39. The molecule has 0 spiro atoms. The SMILES string of the molecule is Cc1ccc(C2(C)OCC(CC(=O)O)O2)cc1. The summed E-state index contributed by atoms with van der Waals surface area (Å²) in [6, 6.07) is 7.85. The van der Waals surface area contributed by atoms with E-state index in [1.54, 1.807) is 0 Å². The zero-order valence-corrected chi connectivity index (χ0v) is 9.97. The van der Waals surface area contributed by atoms with Crippen molar-refractivity contribution in [2.75, 3.05) is 6.61 Å². The van der Waals surface area contributed by atoms with Crippen LogP contribution < -0.4 is 0 Å². The van der Waals surface area contributed by atoms with Crippen LogP contribution in [0.25, 0.3) is 0 Å². The van der Waals surface area contributed by atoms with Crippen molar-refractivity contribution in [1.82, 2.24) is 0 Å². The maximum atomic E-state index is 10.6. The Bertz CT molecular complexity index is 412. The van der Waals surface area contributed by atoms with E-state index in [1.165, 1.54) is 0 Å². The van der Waals surface area contributed by atoms with Gasteiger partial charge in [-0.25, -0.2) is 0 Å². The Morgan fingerprint density at radius 2 is 2.12 bits per heavy atom. The minimum absolute atomic E-state index is 0.0263. The number of carbonyl (C=O) groups is 1. The predicted octanol–water partition coefficient (Wildman–Crippen LogP) is 2.06. The summed E-state index contributed by atoms with van der Waals surface area (Å²) in [6.07, 6.45) is -0.402. The fourth-order valence-corrected chi connectivity index (χ4v) is 1.94. The summed E-state index contributed by atoms with van der Waals surface area (Å²) in [5.41, 5.74) is 2.08. The summed E-state index contributed by atoms with van der Waals surface area (Å²) in [5, 5.41) is 8.72. The van der Waals surface area contributed by atoms with Crippen LogP contribution in [0.5, 0.6) is 0 Å². The van der Waals surface area contributed by atoms with E-state index in [0.29, 0.717) is 6.61 Å². The Morgan fingerprint density at radius 1 is 1.47 bits per heavy atom. The summed E-state index contributed by atoms with van der Waals surface area (Å²) < 4.78 is 11.3. The Hall–Kier alpha value is -1.39. The van der Waals surface area contributed by atoms with Gasteiger partial charge in [-0.3, -0.25) is 4.79 Å². The first kappa shape index (κ1) is 12.1. The van der Waals surface area contributed by atoms with Crippen LogP contribution in [-0.2, 0) is 20.1 Å². The van der Waals surface area contributed by atoms with Crippen LogP contribution in [0.2, 0.25) is 0 Å². The summed E-state index contributed by atoms with van der Waals surface area (Å²) in [7, 11) is 0. The van der Waals surface area contributed by atoms with Gasteiger partial charge in [-0.2, -0.15) is 0 Å². The van der Waals surface area contributed by atoms with E-state index >= 15 is 0 Å². The second-order valence-electron chi connectivity index (χ2n) is 4.46. The van der Waals surface area contributed by atoms with Crippen molar-refractivity contribution in [3.05, 3.63) is 35.4 Å². The van der Waals surface area contributed by atoms with Crippen LogP contribution in [0, 0.1) is 6.92 Å². The number of aryl methyl sites for hydroxylation is 1. The maximum absolute atomic E-state index is 10.6. The smallest absolute Gasteiger partial charge is 0.306 e. The molecule has 1 saturated heterocycles. The third-order valence-electron chi connectivity index (χ3n) is 2.91. The molecule has 92 valence electrons. The number of carboxylic acids is 1. The average Bonchev–Trinajstić information content (AvgIpc) is 2.61. The molecule has 2 unspecified atom stereocenters. The molecule has 1 aromatic carbocycles. The molecule has 1 aromatic rings. The summed E-state index contributed by atoms with van der Waals surface area (Å²) in [5.74, 6) is -1.69. The van der Waals surface area contributed by atoms with E-state index < -0.39 is 11.8 Å². The van der Waals surface area contributed by atoms with Gasteiger partial charge in [0, 0.05) is 5.56 Å². The molecular formula is C13H16O4. The second kappa shape index (κ2) is 4.47. The second-order valence-corrected chi connectivity index (χ2v) is 4.46. The minimum atomic E-state index is -0.869. The van der Waals surface area contributed by atoms with Crippen molar-refractivity contribution in [2.24, 2.45) is 0 Å². The number of hydrogen-bond acceptors (Lipinski definition) is 3. The highest BCUT2D eigenvalue weighted by Crippen LogP contribution is 2.34. The molecule has 0 amide bonds. The molecule has 4 nitrogen and oxygen atoms in total. The molecule has 0 aromatic heterocycles. The van der Waals surface area contributed by atoms with Crippen LogP contribution in [0.1, 0.15) is 24.5 Å². The Morgan fingerprint density at radius 3 is 2.71 bits per heavy atom. The number of carboxylic acid groups (broad SMARTS) is 1. The number of hydrogen-bond donors (Lipinski definition) is 1. The molecule has 17 heavy (non-hydrogen) atoms. The van der Waals surface area contributed by atoms with Crippen molar-refractivity contribution in [3.63, 3.8) is 0 Å². The highest BCUT2D eigenvalue weighted by molar-refractivity contribution is 5.67. The van der Waals surface area contributed by atoms with E-state index in [-0.39, 0.29) is 12.5 Å². The van der Waals surface area contributed by atoms with Crippen molar-refractivity contribution in [3.8, 4) is 0 Å². The molecule has 1 heterocycles. The van der Waals surface area contributed by atoms with E-state index in [2.05, 4.69) is 0 Å². The summed E-state index contributed by atoms with van der Waals surface area (Å²) in [6.45, 7) is 4.14. The van der Waals surface area contributed by atoms with Gasteiger partial charge in [0.25, 0.3) is 0 Å². The van der Waals surface area contributed by atoms with E-state index in [4.69, 9.17) is 14.6 Å². The van der Waals surface area contributed by atoms with E-state index in [1.807, 2.05) is 38.1 Å². The minimum Gasteiger partial charge on any atom is -0.481 e. The molecule has 1 aliphatic heterocycles. The maximum Gasteiger partial charge on any atom is 0.306 e. The lowest BCUT2D eigenvalue weighted by Gasteiger charge is -2.23. The van der Waals surface area contributed by atoms with Crippen molar-refractivity contribution >= 4 is 5.97 Å². The normalized spacial score (nSPS) is 28.2. The zero-order valence-electron chi connectivity index (χ0n) is 9.97. The van der Waals surface area contributed by atoms with Crippen LogP contribution in [0.4, 0.5) is 0 Å². The zero-order chi connectivity index (χ0) is 12.5. The molecule has 1 aliphatic rings. The largest absolute Gasteiger partial charge is 0.481 e. The third-order valence-corrected chi connectivity index (χ3v) is 2.91. The van der Waals surface area contributed by atoms with Crippen LogP contribution in [0.15, 0.2) is 24.3 Å². The van der Waals surface area contributed by atoms with Gasteiger partial charge in [-0.15, -0.1) is 0 Å². The lowest BCUT2D eigenvalue weighted by Crippen LogP contribution is -2.24. The van der Waals surface area contributed by atoms with Gasteiger partial charge in [0.05, 0.1) is 19.1 Å². The molecule has 4 heteroatoms. The summed E-state index contributed by atoms with van der Waals surface area (Å²) >= 11 is 0. The third kappa shape index (κ3) is 2.65. The van der Waals surface area contributed by atoms with Crippen molar-refractivity contribution < 1.29 is 19.4 Å². The molecular weight excluding hydrogens is 220 g/mol. The first-order chi connectivity index (χ1) is 7.99. The molecule has 1 N–H and O–H groups in total. The molecule has 1 fully saturated rings. The molecule has 0 saturated carbocycles. The Kier molecular flexibility index (Phi) is 3.17. The quantitative estimate of drug-likeness (QED) is 0.872. The first-order valence-corrected chi connectivity index (χ1v) is 5.60. The van der Waals surface area contributed by atoms with Gasteiger partial charge in [0.1, 0.15) is 0 Å². The fraction of sp³-hybridized carbons (Fsp3) is 0.462. The Labute approximate surface area is 100 Å². The van der Waals surface area contributed by atoms with Gasteiger partial charge >= 0.3 is 5.97 Å². The summed E-state index contributed by atoms with van der Waals surface area (Å²) in [4.78, 5) is 10.6. The lowest BCUT2D eigenvalue weighted by atomic mass is 10.1. The van der Waals surface area contributed by atoms with Crippen molar-refractivity contribution in [1.29, 1.82) is 0 Å². The molecule has 0 radical (unpaired) electrons. The van der Waals surface area contributed by atoms with Crippen LogP contribution in [-0.4, -0.2) is 23.8 Å². The molecule has 2 atom stereocenters. The first-order valence-electron chi connectivity index (χ1n) is 5.60. The van der Waals surface area contributed by atoms with Gasteiger partial charge in [-0.05, 0) is 13.8 Å². The standard InChI is InChI=1S/C13H16O4/c1-9-3-5-10(6-4-9)13(2)16-8-11(17-13)7-12(14)15/h3-6,11H,7-8H2,1-2H3,(H,14,15). The van der Waals surface area contributed by atoms with E-state index in [0.717, 1.165) is 11.1 Å². The van der Waals surface area contributed by atoms with Gasteiger partial charge < -0.3 is 14.6 Å². The van der Waals surface area contributed by atoms with Crippen LogP contribution >= 0.6 is 0 Å². The highest BCUT2D eigenvalue weighted by atomic mass is 16.7.